The van der Waals surface area contributed by atoms with Crippen LogP contribution in [-0.2, 0) is 23.2 Å². The molecule has 1 N–H and O–H groups in total. The second-order valence-corrected chi connectivity index (χ2v) is 9.24. The molecule has 0 aliphatic heterocycles. The van der Waals surface area contributed by atoms with E-state index in [9.17, 15) is 9.18 Å². The zero-order chi connectivity index (χ0) is 24.8. The Kier molecular flexibility index (Phi) is 9.24. The minimum Gasteiger partial charge on any atom is -0.350 e. The van der Waals surface area contributed by atoms with Gasteiger partial charge in [0.05, 0.1) is 29.5 Å². The molecule has 3 rings (SSSR count). The molecular weight excluding hydrogens is 437 g/mol. The summed E-state index contributed by atoms with van der Waals surface area (Å²) in [5.74, 6) is -0.904. The molecule has 4 nitrogen and oxygen atoms in total. The van der Waals surface area contributed by atoms with Crippen LogP contribution in [0.5, 0.6) is 0 Å². The second-order valence-electron chi connectivity index (χ2n) is 8.81. The molecule has 0 fully saturated rings. The van der Waals surface area contributed by atoms with E-state index in [-0.39, 0.29) is 17.1 Å². The van der Waals surface area contributed by atoms with Crippen molar-refractivity contribution in [2.45, 2.75) is 72.8 Å². The number of amides is 1. The lowest BCUT2D eigenvalue weighted by Crippen LogP contribution is -2.28. The van der Waals surface area contributed by atoms with Crippen molar-refractivity contribution in [3.05, 3.63) is 81.9 Å². The van der Waals surface area contributed by atoms with Crippen LogP contribution in [0.2, 0.25) is 5.02 Å². The van der Waals surface area contributed by atoms with Gasteiger partial charge >= 0.3 is 0 Å². The van der Waals surface area contributed by atoms with Gasteiger partial charge in [-0.25, -0.2) is 9.07 Å². The van der Waals surface area contributed by atoms with Crippen molar-refractivity contribution in [3.8, 4) is 5.69 Å². The maximum Gasteiger partial charge on any atom is 0.227 e. The number of benzene rings is 2. The number of hydrogen-bond acceptors (Lipinski definition) is 2. The highest BCUT2D eigenvalue weighted by Crippen LogP contribution is 2.25. The Labute approximate surface area is 202 Å². The molecule has 2 aromatic carbocycles. The summed E-state index contributed by atoms with van der Waals surface area (Å²) in [4.78, 5) is 12.8. The van der Waals surface area contributed by atoms with Gasteiger partial charge in [-0.3, -0.25) is 4.79 Å². The summed E-state index contributed by atoms with van der Waals surface area (Å²) in [5.41, 5.74) is 3.76. The Morgan fingerprint density at radius 2 is 1.85 bits per heavy atom. The molecule has 0 saturated carbocycles. The fourth-order valence-electron chi connectivity index (χ4n) is 3.35. The van der Waals surface area contributed by atoms with Crippen molar-refractivity contribution in [2.75, 3.05) is 0 Å². The van der Waals surface area contributed by atoms with Crippen LogP contribution in [0.25, 0.3) is 5.69 Å². The molecule has 0 spiro atoms. The SMILES string of the molecule is CC.CCc1ccc(C(C)C(=O)NCc2cc(C(C)(C)C)nn2-c2cccc(Cl)c2)cc1F. The highest BCUT2D eigenvalue weighted by molar-refractivity contribution is 6.30. The molecule has 1 heterocycles. The fourth-order valence-corrected chi connectivity index (χ4v) is 3.53. The van der Waals surface area contributed by atoms with E-state index in [0.29, 0.717) is 29.1 Å². The molecule has 1 atom stereocenters. The normalized spacial score (nSPS) is 12.0. The van der Waals surface area contributed by atoms with Gasteiger partial charge in [0.2, 0.25) is 5.91 Å². The predicted molar refractivity (Wildman–Crippen MR) is 135 cm³/mol. The van der Waals surface area contributed by atoms with E-state index in [1.165, 1.54) is 6.07 Å². The van der Waals surface area contributed by atoms with Crippen molar-refractivity contribution in [2.24, 2.45) is 0 Å². The predicted octanol–water partition coefficient (Wildman–Crippen LogP) is 6.97. The van der Waals surface area contributed by atoms with Gasteiger partial charge in [-0.2, -0.15) is 5.10 Å². The lowest BCUT2D eigenvalue weighted by atomic mass is 9.92. The summed E-state index contributed by atoms with van der Waals surface area (Å²) in [6, 6.07) is 14.5. The van der Waals surface area contributed by atoms with Crippen LogP contribution in [0, 0.1) is 5.82 Å². The van der Waals surface area contributed by atoms with E-state index in [1.54, 1.807) is 13.0 Å². The van der Waals surface area contributed by atoms with Gasteiger partial charge < -0.3 is 5.32 Å². The van der Waals surface area contributed by atoms with Crippen LogP contribution in [0.4, 0.5) is 4.39 Å². The minimum atomic E-state index is -0.468. The first kappa shape index (κ1) is 26.6. The molecule has 3 aromatic rings. The molecule has 0 aliphatic carbocycles. The molecule has 6 heteroatoms. The first-order valence-corrected chi connectivity index (χ1v) is 11.9. The molecule has 0 saturated heterocycles. The van der Waals surface area contributed by atoms with Gasteiger partial charge in [-0.15, -0.1) is 0 Å². The van der Waals surface area contributed by atoms with Gasteiger partial charge in [0.25, 0.3) is 0 Å². The molecular formula is C27H35ClFN3O. The molecule has 1 aromatic heterocycles. The quantitative estimate of drug-likeness (QED) is 0.422. The average molecular weight is 472 g/mol. The molecule has 33 heavy (non-hydrogen) atoms. The molecule has 0 radical (unpaired) electrons. The number of carbonyl (C=O) groups excluding carboxylic acids is 1. The Balaban J connectivity index is 0.00000187. The van der Waals surface area contributed by atoms with Crippen LogP contribution in [0.15, 0.2) is 48.5 Å². The standard InChI is InChI=1S/C25H29ClFN3O.C2H6/c1-6-17-10-11-18(12-22(17)27)16(2)24(31)28-15-21-14-23(25(3,4)5)29-30(21)20-9-7-8-19(26)13-20;1-2/h7-14,16H,6,15H2,1-5H3,(H,28,31);1-2H3. The van der Waals surface area contributed by atoms with Crippen LogP contribution in [0.3, 0.4) is 0 Å². The molecule has 1 unspecified atom stereocenters. The number of hydrogen-bond donors (Lipinski definition) is 1. The maximum absolute atomic E-state index is 14.2. The van der Waals surface area contributed by atoms with E-state index in [2.05, 4.69) is 26.1 Å². The van der Waals surface area contributed by atoms with Gasteiger partial charge in [-0.05, 0) is 54.8 Å². The molecule has 0 aliphatic rings. The van der Waals surface area contributed by atoms with E-state index in [4.69, 9.17) is 16.7 Å². The van der Waals surface area contributed by atoms with E-state index in [0.717, 1.165) is 17.1 Å². The zero-order valence-electron chi connectivity index (χ0n) is 20.7. The maximum atomic E-state index is 14.2. The smallest absolute Gasteiger partial charge is 0.227 e. The lowest BCUT2D eigenvalue weighted by molar-refractivity contribution is -0.122. The third kappa shape index (κ3) is 6.67. The number of nitrogens with one attached hydrogen (secondary N) is 1. The van der Waals surface area contributed by atoms with Crippen molar-refractivity contribution in [3.63, 3.8) is 0 Å². The van der Waals surface area contributed by atoms with Gasteiger partial charge in [0, 0.05) is 10.4 Å². The van der Waals surface area contributed by atoms with E-state index >= 15 is 0 Å². The average Bonchev–Trinajstić information content (AvgIpc) is 3.23. The Hall–Kier alpha value is -2.66. The summed E-state index contributed by atoms with van der Waals surface area (Å²) < 4.78 is 16.0. The number of aromatic nitrogens is 2. The molecule has 1 amide bonds. The van der Waals surface area contributed by atoms with Crippen molar-refractivity contribution >= 4 is 17.5 Å². The number of nitrogens with zero attached hydrogens (tertiary/aromatic N) is 2. The highest BCUT2D eigenvalue weighted by Gasteiger charge is 2.22. The Bertz CT molecular complexity index is 1090. The van der Waals surface area contributed by atoms with Crippen LogP contribution in [0.1, 0.15) is 76.9 Å². The van der Waals surface area contributed by atoms with Gasteiger partial charge in [0.1, 0.15) is 5.82 Å². The number of rotatable bonds is 6. The number of aryl methyl sites for hydroxylation is 1. The first-order chi connectivity index (χ1) is 15.6. The van der Waals surface area contributed by atoms with Crippen molar-refractivity contribution < 1.29 is 9.18 Å². The topological polar surface area (TPSA) is 46.9 Å². The molecule has 178 valence electrons. The Morgan fingerprint density at radius 3 is 2.42 bits per heavy atom. The van der Waals surface area contributed by atoms with Crippen molar-refractivity contribution in [1.29, 1.82) is 0 Å². The Morgan fingerprint density at radius 1 is 1.15 bits per heavy atom. The molecule has 0 bridgehead atoms. The van der Waals surface area contributed by atoms with Crippen LogP contribution in [-0.4, -0.2) is 15.7 Å². The van der Waals surface area contributed by atoms with Crippen molar-refractivity contribution in [1.82, 2.24) is 15.1 Å². The third-order valence-electron chi connectivity index (χ3n) is 5.40. The monoisotopic (exact) mass is 471 g/mol. The summed E-state index contributed by atoms with van der Waals surface area (Å²) >= 11 is 6.17. The zero-order valence-corrected chi connectivity index (χ0v) is 21.4. The minimum absolute atomic E-state index is 0.144. The largest absolute Gasteiger partial charge is 0.350 e. The number of halogens is 2. The van der Waals surface area contributed by atoms with Crippen LogP contribution >= 0.6 is 11.6 Å². The van der Waals surface area contributed by atoms with E-state index in [1.807, 2.05) is 61.9 Å². The fraction of sp³-hybridized carbons (Fsp3) is 0.407. The number of carbonyl (C=O) groups is 1. The first-order valence-electron chi connectivity index (χ1n) is 11.5. The summed E-state index contributed by atoms with van der Waals surface area (Å²) in [7, 11) is 0. The van der Waals surface area contributed by atoms with E-state index < -0.39 is 5.92 Å². The van der Waals surface area contributed by atoms with Gasteiger partial charge in [-0.1, -0.05) is 71.3 Å². The highest BCUT2D eigenvalue weighted by atomic mass is 35.5. The summed E-state index contributed by atoms with van der Waals surface area (Å²) in [5, 5.41) is 8.36. The lowest BCUT2D eigenvalue weighted by Gasteiger charge is -2.14. The summed E-state index contributed by atoms with van der Waals surface area (Å²) in [6.07, 6.45) is 0.621. The second kappa shape index (κ2) is 11.5. The third-order valence-corrected chi connectivity index (χ3v) is 5.63. The van der Waals surface area contributed by atoms with Crippen LogP contribution < -0.4 is 5.32 Å². The van der Waals surface area contributed by atoms with Gasteiger partial charge in [0.15, 0.2) is 0 Å². The summed E-state index contributed by atoms with van der Waals surface area (Å²) in [6.45, 7) is 14.3.